The molecule has 2 aromatic carbocycles. The van der Waals surface area contributed by atoms with Gasteiger partial charge in [-0.2, -0.15) is 0 Å². The summed E-state index contributed by atoms with van der Waals surface area (Å²) in [6.07, 6.45) is 3.64. The summed E-state index contributed by atoms with van der Waals surface area (Å²) >= 11 is 6.11. The fourth-order valence-electron chi connectivity index (χ4n) is 3.34. The Hall–Kier alpha value is -1.36. The summed E-state index contributed by atoms with van der Waals surface area (Å²) in [6, 6.07) is 16.8. The van der Waals surface area contributed by atoms with E-state index in [-0.39, 0.29) is 5.75 Å². The molecule has 1 fully saturated rings. The fraction of sp³-hybridized carbons (Fsp3) is 0.333. The van der Waals surface area contributed by atoms with E-state index in [0.717, 1.165) is 36.8 Å². The lowest BCUT2D eigenvalue weighted by molar-refractivity contribution is 0.404. The third kappa shape index (κ3) is 3.94. The molecule has 1 aliphatic rings. The van der Waals surface area contributed by atoms with Crippen molar-refractivity contribution in [2.45, 2.75) is 37.0 Å². The Kier molecular flexibility index (Phi) is 4.76. The molecule has 0 atom stereocenters. The van der Waals surface area contributed by atoms with Crippen molar-refractivity contribution in [3.8, 4) is 0 Å². The highest BCUT2D eigenvalue weighted by Crippen LogP contribution is 2.40. The number of halogens is 1. The Morgan fingerprint density at radius 3 is 2.35 bits per heavy atom. The first-order valence-electron chi connectivity index (χ1n) is 7.81. The first kappa shape index (κ1) is 16.5. The van der Waals surface area contributed by atoms with Crippen LogP contribution in [-0.4, -0.2) is 8.42 Å². The van der Waals surface area contributed by atoms with E-state index in [2.05, 4.69) is 4.72 Å². The standard InChI is InChI=1S/C18H20ClNO2S/c19-17-10-6-9-16(13-17)18(11-4-5-12-18)20-23(21,22)14-15-7-2-1-3-8-15/h1-3,6-10,13,20H,4-5,11-12,14H2. The van der Waals surface area contributed by atoms with Gasteiger partial charge >= 0.3 is 0 Å². The molecule has 1 saturated carbocycles. The SMILES string of the molecule is O=S(=O)(Cc1ccccc1)NC1(c2cccc(Cl)c2)CCCC1. The molecule has 0 aliphatic heterocycles. The van der Waals surface area contributed by atoms with E-state index < -0.39 is 15.6 Å². The summed E-state index contributed by atoms with van der Waals surface area (Å²) in [5.74, 6) is -0.00381. The van der Waals surface area contributed by atoms with Crippen LogP contribution in [0.25, 0.3) is 0 Å². The van der Waals surface area contributed by atoms with Crippen LogP contribution in [-0.2, 0) is 21.3 Å². The van der Waals surface area contributed by atoms with Crippen molar-refractivity contribution in [1.82, 2.24) is 4.72 Å². The minimum atomic E-state index is -3.43. The van der Waals surface area contributed by atoms with E-state index in [0.29, 0.717) is 5.02 Å². The summed E-state index contributed by atoms with van der Waals surface area (Å²) < 4.78 is 28.3. The second-order valence-corrected chi connectivity index (χ2v) is 8.31. The molecule has 2 aromatic rings. The second-order valence-electron chi connectivity index (χ2n) is 6.15. The molecule has 122 valence electrons. The van der Waals surface area contributed by atoms with E-state index in [9.17, 15) is 8.42 Å². The van der Waals surface area contributed by atoms with E-state index in [4.69, 9.17) is 11.6 Å². The maximum Gasteiger partial charge on any atom is 0.216 e. The van der Waals surface area contributed by atoms with Gasteiger partial charge in [0, 0.05) is 5.02 Å². The zero-order valence-corrected chi connectivity index (χ0v) is 14.4. The third-order valence-corrected chi connectivity index (χ3v) is 6.03. The van der Waals surface area contributed by atoms with Gasteiger partial charge in [-0.05, 0) is 36.1 Å². The summed E-state index contributed by atoms with van der Waals surface area (Å²) in [7, 11) is -3.43. The molecule has 23 heavy (non-hydrogen) atoms. The molecular weight excluding hydrogens is 330 g/mol. The number of hydrogen-bond acceptors (Lipinski definition) is 2. The quantitative estimate of drug-likeness (QED) is 0.878. The van der Waals surface area contributed by atoms with E-state index in [1.165, 1.54) is 0 Å². The molecule has 0 aromatic heterocycles. The Balaban J connectivity index is 1.88. The van der Waals surface area contributed by atoms with E-state index in [1.54, 1.807) is 0 Å². The Labute approximate surface area is 142 Å². The van der Waals surface area contributed by atoms with Crippen LogP contribution >= 0.6 is 11.6 Å². The molecule has 0 spiro atoms. The van der Waals surface area contributed by atoms with Crippen molar-refractivity contribution in [1.29, 1.82) is 0 Å². The highest BCUT2D eigenvalue weighted by molar-refractivity contribution is 7.88. The van der Waals surface area contributed by atoms with E-state index in [1.807, 2.05) is 54.6 Å². The first-order valence-corrected chi connectivity index (χ1v) is 9.84. The summed E-state index contributed by atoms with van der Waals surface area (Å²) in [5.41, 5.74) is 1.22. The van der Waals surface area contributed by atoms with Gasteiger partial charge in [0.2, 0.25) is 10.0 Å². The predicted octanol–water partition coefficient (Wildman–Crippen LogP) is 4.23. The van der Waals surface area contributed by atoms with Crippen molar-refractivity contribution >= 4 is 21.6 Å². The number of benzene rings is 2. The van der Waals surface area contributed by atoms with Gasteiger partial charge in [-0.15, -0.1) is 0 Å². The minimum absolute atomic E-state index is 0.00381. The molecule has 3 rings (SSSR count). The van der Waals surface area contributed by atoms with Gasteiger partial charge in [0.1, 0.15) is 0 Å². The molecule has 3 nitrogen and oxygen atoms in total. The van der Waals surface area contributed by atoms with Crippen molar-refractivity contribution in [2.24, 2.45) is 0 Å². The molecule has 1 N–H and O–H groups in total. The van der Waals surface area contributed by atoms with Crippen molar-refractivity contribution in [3.63, 3.8) is 0 Å². The number of hydrogen-bond donors (Lipinski definition) is 1. The molecular formula is C18H20ClNO2S. The van der Waals surface area contributed by atoms with Crippen LogP contribution in [0.2, 0.25) is 5.02 Å². The smallest absolute Gasteiger partial charge is 0.212 e. The monoisotopic (exact) mass is 349 g/mol. The topological polar surface area (TPSA) is 46.2 Å². The van der Waals surface area contributed by atoms with Crippen LogP contribution < -0.4 is 4.72 Å². The average Bonchev–Trinajstić information content (AvgIpc) is 2.97. The van der Waals surface area contributed by atoms with Crippen LogP contribution in [0, 0.1) is 0 Å². The lowest BCUT2D eigenvalue weighted by Gasteiger charge is -2.31. The van der Waals surface area contributed by atoms with Crippen molar-refractivity contribution in [3.05, 3.63) is 70.7 Å². The predicted molar refractivity (Wildman–Crippen MR) is 93.8 cm³/mol. The molecule has 0 saturated heterocycles. The van der Waals surface area contributed by atoms with Crippen molar-refractivity contribution in [2.75, 3.05) is 0 Å². The summed E-state index contributed by atoms with van der Waals surface area (Å²) in [4.78, 5) is 0. The third-order valence-electron chi connectivity index (χ3n) is 4.38. The second kappa shape index (κ2) is 6.63. The number of sulfonamides is 1. The Bertz CT molecular complexity index is 769. The van der Waals surface area contributed by atoms with Gasteiger partial charge in [0.05, 0.1) is 11.3 Å². The first-order chi connectivity index (χ1) is 11.0. The molecule has 1 aliphatic carbocycles. The normalized spacial score (nSPS) is 17.3. The molecule has 0 bridgehead atoms. The van der Waals surface area contributed by atoms with Gasteiger partial charge in [-0.3, -0.25) is 0 Å². The van der Waals surface area contributed by atoms with E-state index >= 15 is 0 Å². The highest BCUT2D eigenvalue weighted by Gasteiger charge is 2.39. The zero-order chi connectivity index (χ0) is 16.3. The minimum Gasteiger partial charge on any atom is -0.212 e. The maximum absolute atomic E-state index is 12.7. The maximum atomic E-state index is 12.7. The molecule has 0 heterocycles. The van der Waals surface area contributed by atoms with Crippen LogP contribution in [0.3, 0.4) is 0 Å². The summed E-state index contributed by atoms with van der Waals surface area (Å²) in [5, 5.41) is 0.635. The highest BCUT2D eigenvalue weighted by atomic mass is 35.5. The summed E-state index contributed by atoms with van der Waals surface area (Å²) in [6.45, 7) is 0. The van der Waals surface area contributed by atoms with Crippen LogP contribution in [0.1, 0.15) is 36.8 Å². The number of nitrogens with one attached hydrogen (secondary N) is 1. The molecule has 0 amide bonds. The molecule has 0 unspecified atom stereocenters. The lowest BCUT2D eigenvalue weighted by Crippen LogP contribution is -2.44. The van der Waals surface area contributed by atoms with Crippen LogP contribution in [0.5, 0.6) is 0 Å². The van der Waals surface area contributed by atoms with Crippen LogP contribution in [0.15, 0.2) is 54.6 Å². The van der Waals surface area contributed by atoms with Crippen molar-refractivity contribution < 1.29 is 8.42 Å². The number of rotatable bonds is 5. The largest absolute Gasteiger partial charge is 0.216 e. The molecule has 5 heteroatoms. The fourth-order valence-corrected chi connectivity index (χ4v) is 5.15. The van der Waals surface area contributed by atoms with Gasteiger partial charge in [-0.25, -0.2) is 13.1 Å². The Morgan fingerprint density at radius 1 is 1.00 bits per heavy atom. The van der Waals surface area contributed by atoms with Gasteiger partial charge in [-0.1, -0.05) is 66.9 Å². The lowest BCUT2D eigenvalue weighted by atomic mass is 9.89. The molecule has 0 radical (unpaired) electrons. The van der Waals surface area contributed by atoms with Gasteiger partial charge in [0.25, 0.3) is 0 Å². The van der Waals surface area contributed by atoms with Crippen LogP contribution in [0.4, 0.5) is 0 Å². The van der Waals surface area contributed by atoms with Gasteiger partial charge < -0.3 is 0 Å². The Morgan fingerprint density at radius 2 is 1.70 bits per heavy atom. The average molecular weight is 350 g/mol. The van der Waals surface area contributed by atoms with Gasteiger partial charge in [0.15, 0.2) is 0 Å². The zero-order valence-electron chi connectivity index (χ0n) is 12.8.